The summed E-state index contributed by atoms with van der Waals surface area (Å²) >= 11 is 0. The number of aryl methyl sites for hydroxylation is 3. The van der Waals surface area contributed by atoms with Gasteiger partial charge in [-0.3, -0.25) is 0 Å². The SMILES string of the molecule is CC(C)=CCC/C(C)=C/CCC/C(C)=C/CCC1(C)CCc2cc(C)cc(C)c2O1. The van der Waals surface area contributed by atoms with Crippen molar-refractivity contribution < 1.29 is 4.74 Å². The molecule has 0 spiro atoms. The molecule has 1 heteroatoms. The van der Waals surface area contributed by atoms with Gasteiger partial charge in [0, 0.05) is 0 Å². The van der Waals surface area contributed by atoms with Crippen molar-refractivity contribution >= 4 is 0 Å². The van der Waals surface area contributed by atoms with E-state index in [1.54, 1.807) is 0 Å². The minimum Gasteiger partial charge on any atom is -0.487 e. The number of hydrogen-bond acceptors (Lipinski definition) is 1. The van der Waals surface area contributed by atoms with Gasteiger partial charge in [-0.2, -0.15) is 0 Å². The Balaban J connectivity index is 1.74. The standard InChI is InChI=1S/C29H44O/c1-22(2)12-10-15-23(3)13-8-9-14-24(4)16-11-18-29(7)19-17-27-21-25(5)20-26(6)28(27)30-29/h12-13,16,20-21H,8-11,14-15,17-19H2,1-7H3/b23-13+,24-16+. The van der Waals surface area contributed by atoms with Gasteiger partial charge in [-0.15, -0.1) is 0 Å². The van der Waals surface area contributed by atoms with E-state index in [1.165, 1.54) is 65.5 Å². The van der Waals surface area contributed by atoms with Crippen LogP contribution in [0.1, 0.15) is 103 Å². The van der Waals surface area contributed by atoms with Crippen LogP contribution in [0.3, 0.4) is 0 Å². The first kappa shape index (κ1) is 24.5. The summed E-state index contributed by atoms with van der Waals surface area (Å²) in [6.07, 6.45) is 17.7. The van der Waals surface area contributed by atoms with Gasteiger partial charge in [0.2, 0.25) is 0 Å². The Bertz CT molecular complexity index is 789. The molecule has 2 rings (SSSR count). The lowest BCUT2D eigenvalue weighted by Gasteiger charge is -2.37. The van der Waals surface area contributed by atoms with Gasteiger partial charge in [0.15, 0.2) is 0 Å². The fraction of sp³-hybridized carbons (Fsp3) is 0.586. The number of unbranched alkanes of at least 4 members (excludes halogenated alkanes) is 1. The molecule has 30 heavy (non-hydrogen) atoms. The van der Waals surface area contributed by atoms with Crippen LogP contribution in [0.15, 0.2) is 47.1 Å². The number of ether oxygens (including phenoxy) is 1. The van der Waals surface area contributed by atoms with Gasteiger partial charge in [0.25, 0.3) is 0 Å². The van der Waals surface area contributed by atoms with Crippen LogP contribution in [0.25, 0.3) is 0 Å². The lowest BCUT2D eigenvalue weighted by atomic mass is 9.87. The summed E-state index contributed by atoms with van der Waals surface area (Å²) in [5.74, 6) is 1.14. The first-order valence-corrected chi connectivity index (χ1v) is 11.9. The van der Waals surface area contributed by atoms with Crippen molar-refractivity contribution in [3.63, 3.8) is 0 Å². The van der Waals surface area contributed by atoms with E-state index in [4.69, 9.17) is 4.74 Å². The monoisotopic (exact) mass is 408 g/mol. The quantitative estimate of drug-likeness (QED) is 0.277. The third-order valence-corrected chi connectivity index (χ3v) is 6.29. The van der Waals surface area contributed by atoms with Crippen molar-refractivity contribution in [1.29, 1.82) is 0 Å². The smallest absolute Gasteiger partial charge is 0.126 e. The predicted octanol–water partition coefficient (Wildman–Crippen LogP) is 8.98. The zero-order chi connectivity index (χ0) is 22.1. The minimum atomic E-state index is -0.0328. The highest BCUT2D eigenvalue weighted by Gasteiger charge is 2.31. The molecule has 0 saturated carbocycles. The van der Waals surface area contributed by atoms with E-state index in [2.05, 4.69) is 78.8 Å². The number of benzene rings is 1. The summed E-state index contributed by atoms with van der Waals surface area (Å²) in [6, 6.07) is 4.54. The van der Waals surface area contributed by atoms with Crippen molar-refractivity contribution in [2.75, 3.05) is 0 Å². The molecule has 0 amide bonds. The van der Waals surface area contributed by atoms with E-state index < -0.39 is 0 Å². The molecule has 1 aromatic rings. The third kappa shape index (κ3) is 8.17. The second-order valence-electron chi connectivity index (χ2n) is 9.97. The number of rotatable bonds is 10. The van der Waals surface area contributed by atoms with Gasteiger partial charge in [-0.25, -0.2) is 0 Å². The lowest BCUT2D eigenvalue weighted by molar-refractivity contribution is 0.0563. The van der Waals surface area contributed by atoms with Crippen molar-refractivity contribution in [2.45, 2.75) is 112 Å². The van der Waals surface area contributed by atoms with Gasteiger partial charge in [0.1, 0.15) is 11.4 Å². The van der Waals surface area contributed by atoms with E-state index >= 15 is 0 Å². The van der Waals surface area contributed by atoms with Gasteiger partial charge >= 0.3 is 0 Å². The molecule has 0 radical (unpaired) electrons. The van der Waals surface area contributed by atoms with Crippen molar-refractivity contribution in [1.82, 2.24) is 0 Å². The van der Waals surface area contributed by atoms with Crippen LogP contribution in [-0.4, -0.2) is 5.60 Å². The largest absolute Gasteiger partial charge is 0.487 e. The number of fused-ring (bicyclic) bond motifs is 1. The highest BCUT2D eigenvalue weighted by Crippen LogP contribution is 2.38. The first-order chi connectivity index (χ1) is 14.2. The van der Waals surface area contributed by atoms with Crippen LogP contribution in [0.2, 0.25) is 0 Å². The Morgan fingerprint density at radius 1 is 0.933 bits per heavy atom. The zero-order valence-corrected chi connectivity index (χ0v) is 20.7. The summed E-state index contributed by atoms with van der Waals surface area (Å²) in [5, 5.41) is 0. The second-order valence-corrected chi connectivity index (χ2v) is 9.97. The predicted molar refractivity (Wildman–Crippen MR) is 133 cm³/mol. The molecule has 1 aliphatic heterocycles. The molecule has 1 aromatic carbocycles. The molecule has 1 heterocycles. The van der Waals surface area contributed by atoms with Gasteiger partial charge in [0.05, 0.1) is 0 Å². The maximum Gasteiger partial charge on any atom is 0.126 e. The van der Waals surface area contributed by atoms with E-state index in [-0.39, 0.29) is 5.60 Å². The Morgan fingerprint density at radius 2 is 1.63 bits per heavy atom. The molecule has 0 aromatic heterocycles. The van der Waals surface area contributed by atoms with Gasteiger partial charge < -0.3 is 4.74 Å². The lowest BCUT2D eigenvalue weighted by Crippen LogP contribution is -2.36. The maximum atomic E-state index is 6.52. The summed E-state index contributed by atoms with van der Waals surface area (Å²) in [4.78, 5) is 0. The van der Waals surface area contributed by atoms with Crippen LogP contribution in [0.5, 0.6) is 5.75 Å². The fourth-order valence-corrected chi connectivity index (χ4v) is 4.39. The molecule has 0 aliphatic carbocycles. The molecule has 0 saturated heterocycles. The summed E-state index contributed by atoms with van der Waals surface area (Å²) in [7, 11) is 0. The Hall–Kier alpha value is -1.76. The van der Waals surface area contributed by atoms with Crippen LogP contribution in [0, 0.1) is 13.8 Å². The Kier molecular flexibility index (Phi) is 9.46. The summed E-state index contributed by atoms with van der Waals surface area (Å²) in [5.41, 5.74) is 8.46. The van der Waals surface area contributed by atoms with Crippen molar-refractivity contribution in [3.05, 3.63) is 63.8 Å². The van der Waals surface area contributed by atoms with Gasteiger partial charge in [-0.05, 0) is 117 Å². The number of hydrogen-bond donors (Lipinski definition) is 0. The third-order valence-electron chi connectivity index (χ3n) is 6.29. The summed E-state index contributed by atoms with van der Waals surface area (Å²) < 4.78 is 6.52. The number of allylic oxidation sites excluding steroid dienone is 6. The summed E-state index contributed by atoms with van der Waals surface area (Å²) in [6.45, 7) is 15.6. The van der Waals surface area contributed by atoms with E-state index in [0.717, 1.165) is 31.4 Å². The van der Waals surface area contributed by atoms with Crippen LogP contribution >= 0.6 is 0 Å². The highest BCUT2D eigenvalue weighted by molar-refractivity contribution is 5.45. The molecule has 1 nitrogen and oxygen atoms in total. The Morgan fingerprint density at radius 3 is 2.37 bits per heavy atom. The molecule has 1 aliphatic rings. The van der Waals surface area contributed by atoms with Crippen LogP contribution in [-0.2, 0) is 6.42 Å². The minimum absolute atomic E-state index is 0.0328. The van der Waals surface area contributed by atoms with Gasteiger partial charge in [-0.1, -0.05) is 52.6 Å². The van der Waals surface area contributed by atoms with Crippen LogP contribution < -0.4 is 4.74 Å². The molecular formula is C29H44O. The Labute approximate surface area is 186 Å². The normalized spacial score (nSPS) is 19.3. The molecule has 166 valence electrons. The van der Waals surface area contributed by atoms with E-state index in [0.29, 0.717) is 0 Å². The highest BCUT2D eigenvalue weighted by atomic mass is 16.5. The zero-order valence-electron chi connectivity index (χ0n) is 20.7. The molecule has 0 N–H and O–H groups in total. The van der Waals surface area contributed by atoms with Crippen LogP contribution in [0.4, 0.5) is 0 Å². The van der Waals surface area contributed by atoms with E-state index in [1.807, 2.05) is 0 Å². The molecule has 0 fully saturated rings. The van der Waals surface area contributed by atoms with Crippen molar-refractivity contribution in [3.8, 4) is 5.75 Å². The topological polar surface area (TPSA) is 9.23 Å². The molecule has 1 unspecified atom stereocenters. The second kappa shape index (κ2) is 11.6. The average molecular weight is 409 g/mol. The van der Waals surface area contributed by atoms with Crippen molar-refractivity contribution in [2.24, 2.45) is 0 Å². The maximum absolute atomic E-state index is 6.52. The van der Waals surface area contributed by atoms with E-state index in [9.17, 15) is 0 Å². The molecule has 1 atom stereocenters. The average Bonchev–Trinajstić information content (AvgIpc) is 2.66. The molecular weight excluding hydrogens is 364 g/mol. The molecule has 0 bridgehead atoms. The fourth-order valence-electron chi connectivity index (χ4n) is 4.39. The first-order valence-electron chi connectivity index (χ1n) is 11.9.